The van der Waals surface area contributed by atoms with E-state index in [-0.39, 0.29) is 23.9 Å². The van der Waals surface area contributed by atoms with Crippen LogP contribution in [0.1, 0.15) is 67.7 Å². The van der Waals surface area contributed by atoms with Crippen LogP contribution in [0.2, 0.25) is 0 Å². The predicted octanol–water partition coefficient (Wildman–Crippen LogP) is 6.74. The number of halogens is 6. The second-order valence-electron chi connectivity index (χ2n) is 10.9. The van der Waals surface area contributed by atoms with Crippen LogP contribution >= 0.6 is 11.8 Å². The highest BCUT2D eigenvalue weighted by Gasteiger charge is 2.71. The lowest BCUT2D eigenvalue weighted by atomic mass is 9.89. The van der Waals surface area contributed by atoms with Gasteiger partial charge in [-0.1, -0.05) is 45.9 Å². The Morgan fingerprint density at radius 2 is 1.47 bits per heavy atom. The number of carbonyl (C=O) groups excluding carboxylic acids is 2. The fourth-order valence-electron chi connectivity index (χ4n) is 2.48. The number of aliphatic hydroxyl groups excluding tert-OH is 1. The molecule has 2 rings (SSSR count). The largest absolute Gasteiger partial charge is 0.462 e. The number of ether oxygens (including phenoxy) is 3. The average Bonchev–Trinajstić information content (AvgIpc) is 3.78. The van der Waals surface area contributed by atoms with E-state index in [2.05, 4.69) is 48.9 Å². The molecule has 0 aliphatic carbocycles. The van der Waals surface area contributed by atoms with Crippen molar-refractivity contribution in [1.82, 2.24) is 0 Å². The van der Waals surface area contributed by atoms with Crippen LogP contribution in [0.25, 0.3) is 0 Å². The van der Waals surface area contributed by atoms with E-state index in [1.807, 2.05) is 32.5 Å². The number of hydrogen-bond acceptors (Lipinski definition) is 8. The van der Waals surface area contributed by atoms with Gasteiger partial charge < -0.3 is 24.4 Å². The van der Waals surface area contributed by atoms with Crippen LogP contribution in [0.4, 0.5) is 26.3 Å². The number of carbonyl (C=O) groups is 2. The molecule has 2 N–H and O–H groups in total. The van der Waals surface area contributed by atoms with Crippen molar-refractivity contribution in [2.45, 2.75) is 102 Å². The Hall–Kier alpha value is -2.03. The second-order valence-corrected chi connectivity index (χ2v) is 12.5. The van der Waals surface area contributed by atoms with E-state index in [9.17, 15) is 35.9 Å². The topological polar surface area (TPSA) is 106 Å². The summed E-state index contributed by atoms with van der Waals surface area (Å²) in [5.41, 5.74) is -7.15. The number of aliphatic hydroxyl groups is 2. The molecule has 0 saturated carbocycles. The molecule has 1 heterocycles. The Labute approximate surface area is 253 Å². The minimum Gasteiger partial charge on any atom is -0.462 e. The monoisotopic (exact) mass is 650 g/mol. The third-order valence-corrected chi connectivity index (χ3v) is 8.15. The lowest BCUT2D eigenvalue weighted by Gasteiger charge is -2.33. The van der Waals surface area contributed by atoms with Gasteiger partial charge in [0.1, 0.15) is 19.3 Å². The van der Waals surface area contributed by atoms with Crippen LogP contribution in [0.3, 0.4) is 0 Å². The molecule has 0 radical (unpaired) electrons. The standard InChI is InChI=1S/C10H14F6O4.C10H14S.C9H16O3/c1-3-7(2,4-17)6(18)20-5-8(19,9(11,12)13)10(14,15)16;1-3-9(2)11-10-7-5-4-6-8-10;1-4-9(2,3)8(10)12-6-7-5-11-7/h17,19H,3-5H2,1-2H3;4-9H,3H2,1-2H3;7H,4-6H2,1-3H3. The molecule has 14 heteroatoms. The van der Waals surface area contributed by atoms with E-state index in [4.69, 9.17) is 19.7 Å². The van der Waals surface area contributed by atoms with Crippen molar-refractivity contribution in [3.05, 3.63) is 30.3 Å². The van der Waals surface area contributed by atoms with Gasteiger partial charge in [0.15, 0.2) is 0 Å². The fraction of sp³-hybridized carbons (Fsp3) is 0.724. The number of hydrogen-bond donors (Lipinski definition) is 2. The normalized spacial score (nSPS) is 17.2. The Morgan fingerprint density at radius 1 is 0.953 bits per heavy atom. The molecule has 0 amide bonds. The summed E-state index contributed by atoms with van der Waals surface area (Å²) in [5, 5.41) is 18.4. The van der Waals surface area contributed by atoms with Crippen LogP contribution < -0.4 is 0 Å². The molecule has 1 aliphatic heterocycles. The van der Waals surface area contributed by atoms with Gasteiger partial charge in [-0.05, 0) is 52.2 Å². The number of esters is 2. The lowest BCUT2D eigenvalue weighted by molar-refractivity contribution is -0.375. The van der Waals surface area contributed by atoms with Gasteiger partial charge in [-0.3, -0.25) is 9.59 Å². The highest BCUT2D eigenvalue weighted by Crippen LogP contribution is 2.43. The maximum Gasteiger partial charge on any atom is 0.429 e. The molecular formula is C29H44F6O7S. The van der Waals surface area contributed by atoms with E-state index in [1.54, 1.807) is 0 Å². The molecule has 1 saturated heterocycles. The van der Waals surface area contributed by atoms with Crippen molar-refractivity contribution < 1.29 is 60.4 Å². The molecule has 7 nitrogen and oxygen atoms in total. The highest BCUT2D eigenvalue weighted by atomic mass is 32.2. The first kappa shape index (κ1) is 41.0. The van der Waals surface area contributed by atoms with Crippen molar-refractivity contribution in [2.24, 2.45) is 10.8 Å². The smallest absolute Gasteiger partial charge is 0.429 e. The number of benzene rings is 1. The van der Waals surface area contributed by atoms with Crippen molar-refractivity contribution in [3.8, 4) is 0 Å². The average molecular weight is 651 g/mol. The molecule has 0 bridgehead atoms. The fourth-order valence-corrected chi connectivity index (χ4v) is 3.42. The van der Waals surface area contributed by atoms with Crippen molar-refractivity contribution in [3.63, 3.8) is 0 Å². The first-order valence-electron chi connectivity index (χ1n) is 13.8. The van der Waals surface area contributed by atoms with Gasteiger partial charge in [0, 0.05) is 10.1 Å². The zero-order valence-electron chi connectivity index (χ0n) is 25.6. The van der Waals surface area contributed by atoms with Crippen molar-refractivity contribution in [2.75, 3.05) is 26.4 Å². The van der Waals surface area contributed by atoms with E-state index in [1.165, 1.54) is 18.2 Å². The molecule has 0 aromatic heterocycles. The summed E-state index contributed by atoms with van der Waals surface area (Å²) < 4.78 is 87.7. The molecule has 3 unspecified atom stereocenters. The number of thioether (sulfide) groups is 1. The van der Waals surface area contributed by atoms with Crippen LogP contribution in [-0.2, 0) is 23.8 Å². The molecule has 43 heavy (non-hydrogen) atoms. The maximum atomic E-state index is 12.3. The van der Waals surface area contributed by atoms with Crippen LogP contribution in [0.15, 0.2) is 35.2 Å². The first-order chi connectivity index (χ1) is 19.6. The van der Waals surface area contributed by atoms with E-state index in [0.29, 0.717) is 6.61 Å². The summed E-state index contributed by atoms with van der Waals surface area (Å²) in [6.07, 6.45) is -9.99. The zero-order valence-corrected chi connectivity index (χ0v) is 26.4. The highest BCUT2D eigenvalue weighted by molar-refractivity contribution is 7.99. The summed E-state index contributed by atoms with van der Waals surface area (Å²) >= 11 is 1.94. The number of rotatable bonds is 12. The number of epoxide rings is 1. The van der Waals surface area contributed by atoms with Gasteiger partial charge in [0.2, 0.25) is 0 Å². The number of alkyl halides is 6. The van der Waals surface area contributed by atoms with Crippen molar-refractivity contribution >= 4 is 23.7 Å². The van der Waals surface area contributed by atoms with Crippen molar-refractivity contribution in [1.29, 1.82) is 0 Å². The molecule has 1 aliphatic rings. The van der Waals surface area contributed by atoms with E-state index < -0.39 is 42.6 Å². The molecule has 0 spiro atoms. The molecular weight excluding hydrogens is 606 g/mol. The van der Waals surface area contributed by atoms with Crippen LogP contribution in [-0.4, -0.2) is 77.9 Å². The Morgan fingerprint density at radius 3 is 1.84 bits per heavy atom. The molecule has 250 valence electrons. The Kier molecular flexibility index (Phi) is 16.6. The Balaban J connectivity index is 0.000000654. The second kappa shape index (κ2) is 17.5. The Bertz CT molecular complexity index is 948. The van der Waals surface area contributed by atoms with Gasteiger partial charge in [0.05, 0.1) is 24.0 Å². The molecule has 3 atom stereocenters. The summed E-state index contributed by atoms with van der Waals surface area (Å²) in [5.74, 6) is -1.59. The van der Waals surface area contributed by atoms with Gasteiger partial charge in [-0.2, -0.15) is 26.3 Å². The van der Waals surface area contributed by atoms with E-state index in [0.717, 1.165) is 25.2 Å². The third-order valence-electron chi connectivity index (χ3n) is 6.87. The SMILES string of the molecule is CCC(C)(C)C(=O)OCC1CO1.CCC(C)(CO)C(=O)OCC(O)(C(F)(F)F)C(F)(F)F.CCC(C)Sc1ccccc1. The summed E-state index contributed by atoms with van der Waals surface area (Å²) in [6, 6.07) is 10.6. The summed E-state index contributed by atoms with van der Waals surface area (Å²) in [7, 11) is 0. The summed E-state index contributed by atoms with van der Waals surface area (Å²) in [6.45, 7) is 10.8. The predicted molar refractivity (Wildman–Crippen MR) is 150 cm³/mol. The zero-order chi connectivity index (χ0) is 33.7. The van der Waals surface area contributed by atoms with Gasteiger partial charge >= 0.3 is 24.3 Å². The molecule has 1 fully saturated rings. The van der Waals surface area contributed by atoms with Gasteiger partial charge in [-0.15, -0.1) is 11.8 Å². The molecule has 1 aromatic rings. The minimum absolute atomic E-state index is 0.0706. The first-order valence-corrected chi connectivity index (χ1v) is 14.7. The summed E-state index contributed by atoms with van der Waals surface area (Å²) in [4.78, 5) is 24.1. The maximum absolute atomic E-state index is 12.3. The van der Waals surface area contributed by atoms with Gasteiger partial charge in [-0.25, -0.2) is 0 Å². The van der Waals surface area contributed by atoms with Crippen LogP contribution in [0, 0.1) is 10.8 Å². The third kappa shape index (κ3) is 13.7. The lowest BCUT2D eigenvalue weighted by Crippen LogP contribution is -2.60. The van der Waals surface area contributed by atoms with Gasteiger partial charge in [0.25, 0.3) is 5.60 Å². The molecule has 1 aromatic carbocycles. The minimum atomic E-state index is -6.06. The quantitative estimate of drug-likeness (QED) is 0.111. The van der Waals surface area contributed by atoms with E-state index >= 15 is 0 Å². The van der Waals surface area contributed by atoms with Crippen LogP contribution in [0.5, 0.6) is 0 Å².